The molecule has 4 saturated carbocycles. The topological polar surface area (TPSA) is 75.3 Å². The number of sulfonamides is 1. The molecule has 0 aliphatic heterocycles. The van der Waals surface area contributed by atoms with Crippen LogP contribution < -0.4 is 10.3 Å². The first-order valence-corrected chi connectivity index (χ1v) is 11.1. The average Bonchev–Trinajstić information content (AvgIpc) is 2.51. The fraction of sp³-hybridized carbons (Fsp3) is 0.650. The van der Waals surface area contributed by atoms with Crippen molar-refractivity contribution in [3.8, 4) is 0 Å². The number of hydrogen-bond acceptors (Lipinski definition) is 3. The van der Waals surface area contributed by atoms with Crippen molar-refractivity contribution in [3.05, 3.63) is 29.3 Å². The Morgan fingerprint density at radius 3 is 2.19 bits per heavy atom. The van der Waals surface area contributed by atoms with Gasteiger partial charge in [-0.05, 0) is 87.2 Å². The minimum Gasteiger partial charge on any atom is -0.278 e. The zero-order valence-electron chi connectivity index (χ0n) is 15.5. The molecule has 0 spiro atoms. The van der Waals surface area contributed by atoms with Gasteiger partial charge in [-0.1, -0.05) is 17.7 Å². The van der Waals surface area contributed by atoms with Gasteiger partial charge >= 0.3 is 0 Å². The van der Waals surface area contributed by atoms with Crippen molar-refractivity contribution < 1.29 is 13.2 Å². The van der Waals surface area contributed by atoms with Crippen LogP contribution in [-0.4, -0.2) is 14.3 Å². The van der Waals surface area contributed by atoms with Gasteiger partial charge in [0.15, 0.2) is 0 Å². The zero-order valence-corrected chi connectivity index (χ0v) is 16.4. The van der Waals surface area contributed by atoms with Gasteiger partial charge in [0.05, 0.1) is 4.90 Å². The van der Waals surface area contributed by atoms with Crippen molar-refractivity contribution in [2.75, 3.05) is 0 Å². The minimum atomic E-state index is -3.75. The van der Waals surface area contributed by atoms with E-state index in [-0.39, 0.29) is 16.2 Å². The van der Waals surface area contributed by atoms with Crippen LogP contribution in [0.4, 0.5) is 0 Å². The first-order chi connectivity index (χ1) is 12.2. The summed E-state index contributed by atoms with van der Waals surface area (Å²) in [4.78, 5) is 15.0. The molecule has 5 rings (SSSR count). The normalized spacial score (nSPS) is 32.6. The number of aryl methyl sites for hydroxylation is 2. The molecule has 0 atom stereocenters. The van der Waals surface area contributed by atoms with Crippen LogP contribution in [0, 0.1) is 37.0 Å². The maximum Gasteiger partial charge on any atom is 0.257 e. The zero-order chi connectivity index (χ0) is 18.5. The van der Waals surface area contributed by atoms with E-state index in [1.807, 2.05) is 13.0 Å². The molecule has 4 bridgehead atoms. The van der Waals surface area contributed by atoms with Gasteiger partial charge in [0.2, 0.25) is 5.91 Å². The molecular weight excluding hydrogens is 348 g/mol. The van der Waals surface area contributed by atoms with E-state index in [2.05, 4.69) is 10.3 Å². The maximum absolute atomic E-state index is 12.5. The Hall–Kier alpha value is -1.40. The fourth-order valence-electron chi connectivity index (χ4n) is 6.17. The quantitative estimate of drug-likeness (QED) is 0.775. The molecule has 1 aromatic rings. The second kappa shape index (κ2) is 6.34. The number of rotatable bonds is 5. The lowest BCUT2D eigenvalue weighted by molar-refractivity contribution is -0.129. The van der Waals surface area contributed by atoms with E-state index in [9.17, 15) is 13.2 Å². The molecule has 4 aliphatic carbocycles. The molecule has 1 aromatic carbocycles. The number of nitrogens with one attached hydrogen (secondary N) is 2. The Labute approximate surface area is 156 Å². The molecule has 1 amide bonds. The number of amides is 1. The first kappa shape index (κ1) is 18.0. The Balaban J connectivity index is 1.40. The monoisotopic (exact) mass is 376 g/mol. The molecule has 0 aromatic heterocycles. The van der Waals surface area contributed by atoms with Crippen LogP contribution in [0.5, 0.6) is 0 Å². The molecule has 5 nitrogen and oxygen atoms in total. The summed E-state index contributed by atoms with van der Waals surface area (Å²) < 4.78 is 25.0. The largest absolute Gasteiger partial charge is 0.278 e. The van der Waals surface area contributed by atoms with E-state index < -0.39 is 10.0 Å². The smallest absolute Gasteiger partial charge is 0.257 e. The van der Waals surface area contributed by atoms with E-state index in [1.165, 1.54) is 19.3 Å². The molecule has 2 N–H and O–H groups in total. The second-order valence-corrected chi connectivity index (χ2v) is 10.7. The van der Waals surface area contributed by atoms with Crippen molar-refractivity contribution >= 4 is 15.9 Å². The van der Waals surface area contributed by atoms with Crippen LogP contribution in [0.15, 0.2) is 23.1 Å². The lowest BCUT2D eigenvalue weighted by atomic mass is 9.49. The minimum absolute atomic E-state index is 0.101. The SMILES string of the molecule is Cc1ccc(S(=O)(=O)NNC(=O)CC23CC4CC(CC(C4)C2)C3)c(C)c1. The van der Waals surface area contributed by atoms with Crippen LogP contribution in [0.3, 0.4) is 0 Å². The molecule has 0 heterocycles. The van der Waals surface area contributed by atoms with Crippen LogP contribution in [0.1, 0.15) is 56.1 Å². The maximum atomic E-state index is 12.5. The third-order valence-electron chi connectivity index (χ3n) is 6.65. The van der Waals surface area contributed by atoms with Crippen LogP contribution in [0.25, 0.3) is 0 Å². The summed E-state index contributed by atoms with van der Waals surface area (Å²) in [7, 11) is -3.75. The van der Waals surface area contributed by atoms with Gasteiger partial charge in [-0.3, -0.25) is 10.2 Å². The number of hydrazine groups is 1. The number of carbonyl (C=O) groups excluding carboxylic acids is 1. The number of carbonyl (C=O) groups is 1. The average molecular weight is 377 g/mol. The highest BCUT2D eigenvalue weighted by atomic mass is 32.2. The van der Waals surface area contributed by atoms with Gasteiger partial charge in [0.1, 0.15) is 0 Å². The first-order valence-electron chi connectivity index (χ1n) is 9.63. The van der Waals surface area contributed by atoms with E-state index >= 15 is 0 Å². The Kier molecular flexibility index (Phi) is 4.39. The molecule has 26 heavy (non-hydrogen) atoms. The summed E-state index contributed by atoms with van der Waals surface area (Å²) in [5.41, 5.74) is 4.24. The summed E-state index contributed by atoms with van der Waals surface area (Å²) in [5, 5.41) is 0. The lowest BCUT2D eigenvalue weighted by Gasteiger charge is -2.56. The van der Waals surface area contributed by atoms with E-state index in [1.54, 1.807) is 19.1 Å². The summed E-state index contributed by atoms with van der Waals surface area (Å²) in [5.74, 6) is 2.13. The molecule has 0 unspecified atom stereocenters. The van der Waals surface area contributed by atoms with E-state index in [4.69, 9.17) is 0 Å². The molecule has 4 fully saturated rings. The van der Waals surface area contributed by atoms with Crippen molar-refractivity contribution in [1.82, 2.24) is 10.3 Å². The van der Waals surface area contributed by atoms with Gasteiger partial charge in [0, 0.05) is 6.42 Å². The highest BCUT2D eigenvalue weighted by molar-refractivity contribution is 7.89. The van der Waals surface area contributed by atoms with Gasteiger partial charge in [0.25, 0.3) is 10.0 Å². The molecule has 4 aliphatic rings. The van der Waals surface area contributed by atoms with Gasteiger partial charge < -0.3 is 0 Å². The highest BCUT2D eigenvalue weighted by Crippen LogP contribution is 2.61. The third-order valence-corrected chi connectivity index (χ3v) is 8.05. The molecule has 0 radical (unpaired) electrons. The molecule has 142 valence electrons. The van der Waals surface area contributed by atoms with Crippen LogP contribution >= 0.6 is 0 Å². The fourth-order valence-corrected chi connectivity index (χ4v) is 7.26. The molecular formula is C20H28N2O3S. The third kappa shape index (κ3) is 3.41. The Morgan fingerprint density at radius 2 is 1.65 bits per heavy atom. The molecule has 6 heteroatoms. The second-order valence-electron chi connectivity index (χ2n) is 9.02. The number of benzene rings is 1. The van der Waals surface area contributed by atoms with Crippen molar-refractivity contribution in [1.29, 1.82) is 0 Å². The standard InChI is InChI=1S/C20H28N2O3S/c1-13-3-4-18(14(2)5-13)26(24,25)22-21-19(23)12-20-9-15-6-16(10-20)8-17(7-15)11-20/h3-5,15-17,22H,6-12H2,1-2H3,(H,21,23). The summed E-state index contributed by atoms with van der Waals surface area (Å²) >= 11 is 0. The van der Waals surface area contributed by atoms with Gasteiger partial charge in [-0.2, -0.15) is 0 Å². The predicted octanol–water partition coefficient (Wildman–Crippen LogP) is 3.22. The van der Waals surface area contributed by atoms with Gasteiger partial charge in [-0.25, -0.2) is 8.42 Å². The summed E-state index contributed by atoms with van der Waals surface area (Å²) in [6.07, 6.45) is 7.84. The van der Waals surface area contributed by atoms with Crippen molar-refractivity contribution in [3.63, 3.8) is 0 Å². The van der Waals surface area contributed by atoms with Crippen LogP contribution in [0.2, 0.25) is 0 Å². The lowest BCUT2D eigenvalue weighted by Crippen LogP contribution is -2.50. The molecule has 0 saturated heterocycles. The van der Waals surface area contributed by atoms with Crippen LogP contribution in [-0.2, 0) is 14.8 Å². The highest BCUT2D eigenvalue weighted by Gasteiger charge is 2.51. The number of hydrogen-bond donors (Lipinski definition) is 2. The van der Waals surface area contributed by atoms with E-state index in [0.717, 1.165) is 42.6 Å². The predicted molar refractivity (Wildman–Crippen MR) is 99.6 cm³/mol. The van der Waals surface area contributed by atoms with Crippen molar-refractivity contribution in [2.24, 2.45) is 23.2 Å². The Morgan fingerprint density at radius 1 is 1.08 bits per heavy atom. The Bertz CT molecular complexity index is 796. The van der Waals surface area contributed by atoms with Crippen molar-refractivity contribution in [2.45, 2.75) is 63.7 Å². The summed E-state index contributed by atoms with van der Waals surface area (Å²) in [6, 6.07) is 5.17. The van der Waals surface area contributed by atoms with Gasteiger partial charge in [-0.15, -0.1) is 4.83 Å². The summed E-state index contributed by atoms with van der Waals surface area (Å²) in [6.45, 7) is 3.68. The van der Waals surface area contributed by atoms with E-state index in [0.29, 0.717) is 12.0 Å².